The second-order valence-corrected chi connectivity index (χ2v) is 4.36. The van der Waals surface area contributed by atoms with Crippen LogP contribution in [0.2, 0.25) is 0 Å². The molecule has 2 nitrogen and oxygen atoms in total. The SMILES string of the molecule is N#CCCCCNC1CCc2ccccc21. The zero-order chi connectivity index (χ0) is 11.2. The fourth-order valence-corrected chi connectivity index (χ4v) is 2.37. The third-order valence-corrected chi connectivity index (χ3v) is 3.24. The highest BCUT2D eigenvalue weighted by Gasteiger charge is 2.20. The monoisotopic (exact) mass is 214 g/mol. The van der Waals surface area contributed by atoms with Crippen LogP contribution in [-0.4, -0.2) is 6.54 Å². The van der Waals surface area contributed by atoms with Gasteiger partial charge in [0.05, 0.1) is 6.07 Å². The maximum Gasteiger partial charge on any atom is 0.0621 e. The van der Waals surface area contributed by atoms with E-state index in [4.69, 9.17) is 5.26 Å². The molecule has 0 aliphatic heterocycles. The zero-order valence-corrected chi connectivity index (χ0v) is 9.58. The van der Waals surface area contributed by atoms with Gasteiger partial charge in [-0.1, -0.05) is 24.3 Å². The van der Waals surface area contributed by atoms with Crippen molar-refractivity contribution < 1.29 is 0 Å². The smallest absolute Gasteiger partial charge is 0.0621 e. The predicted molar refractivity (Wildman–Crippen MR) is 65.0 cm³/mol. The van der Waals surface area contributed by atoms with Crippen LogP contribution < -0.4 is 5.32 Å². The van der Waals surface area contributed by atoms with Crippen LogP contribution in [0.5, 0.6) is 0 Å². The lowest BCUT2D eigenvalue weighted by molar-refractivity contribution is 0.514. The minimum Gasteiger partial charge on any atom is -0.310 e. The van der Waals surface area contributed by atoms with E-state index in [1.807, 2.05) is 0 Å². The number of fused-ring (bicyclic) bond motifs is 1. The molecule has 0 heterocycles. The van der Waals surface area contributed by atoms with Gasteiger partial charge in [-0.2, -0.15) is 5.26 Å². The Labute approximate surface area is 97.3 Å². The molecule has 0 saturated carbocycles. The quantitative estimate of drug-likeness (QED) is 0.765. The molecular weight excluding hydrogens is 196 g/mol. The molecule has 0 aromatic heterocycles. The summed E-state index contributed by atoms with van der Waals surface area (Å²) >= 11 is 0. The summed E-state index contributed by atoms with van der Waals surface area (Å²) in [5.74, 6) is 0. The largest absolute Gasteiger partial charge is 0.310 e. The van der Waals surface area contributed by atoms with Gasteiger partial charge in [-0.05, 0) is 43.4 Å². The molecule has 84 valence electrons. The van der Waals surface area contributed by atoms with Gasteiger partial charge in [0.15, 0.2) is 0 Å². The Balaban J connectivity index is 1.78. The molecule has 0 radical (unpaired) electrons. The second kappa shape index (κ2) is 5.67. The van der Waals surface area contributed by atoms with Crippen molar-refractivity contribution in [3.05, 3.63) is 35.4 Å². The highest BCUT2D eigenvalue weighted by atomic mass is 14.9. The number of hydrogen-bond donors (Lipinski definition) is 1. The van der Waals surface area contributed by atoms with Gasteiger partial charge in [0.1, 0.15) is 0 Å². The average Bonchev–Trinajstić information content (AvgIpc) is 2.73. The van der Waals surface area contributed by atoms with E-state index in [1.54, 1.807) is 0 Å². The number of rotatable bonds is 5. The highest BCUT2D eigenvalue weighted by Crippen LogP contribution is 2.30. The first-order valence-corrected chi connectivity index (χ1v) is 6.10. The van der Waals surface area contributed by atoms with Crippen LogP contribution in [0.4, 0.5) is 0 Å². The Kier molecular flexibility index (Phi) is 3.96. The number of nitrogens with zero attached hydrogens (tertiary/aromatic N) is 1. The molecule has 0 spiro atoms. The van der Waals surface area contributed by atoms with Crippen LogP contribution in [-0.2, 0) is 6.42 Å². The van der Waals surface area contributed by atoms with Gasteiger partial charge in [0.2, 0.25) is 0 Å². The maximum atomic E-state index is 8.44. The molecular formula is C14H18N2. The summed E-state index contributed by atoms with van der Waals surface area (Å²) in [6.45, 7) is 1.03. The van der Waals surface area contributed by atoms with E-state index in [9.17, 15) is 0 Å². The zero-order valence-electron chi connectivity index (χ0n) is 9.58. The topological polar surface area (TPSA) is 35.8 Å². The molecule has 1 atom stereocenters. The van der Waals surface area contributed by atoms with Crippen LogP contribution >= 0.6 is 0 Å². The van der Waals surface area contributed by atoms with Crippen molar-refractivity contribution >= 4 is 0 Å². The fourth-order valence-electron chi connectivity index (χ4n) is 2.37. The van der Waals surface area contributed by atoms with E-state index in [0.29, 0.717) is 12.5 Å². The number of aryl methyl sites for hydroxylation is 1. The summed E-state index contributed by atoms with van der Waals surface area (Å²) in [6, 6.07) is 11.4. The Morgan fingerprint density at radius 1 is 1.31 bits per heavy atom. The summed E-state index contributed by atoms with van der Waals surface area (Å²) in [5, 5.41) is 12.0. The van der Waals surface area contributed by atoms with E-state index in [-0.39, 0.29) is 0 Å². The summed E-state index contributed by atoms with van der Waals surface area (Å²) in [6.07, 6.45) is 5.22. The van der Waals surface area contributed by atoms with Crippen LogP contribution in [0.25, 0.3) is 0 Å². The molecule has 1 unspecified atom stereocenters. The third kappa shape index (κ3) is 2.62. The molecule has 0 amide bonds. The molecule has 0 saturated heterocycles. The van der Waals surface area contributed by atoms with E-state index in [1.165, 1.54) is 24.0 Å². The van der Waals surface area contributed by atoms with Crippen LogP contribution in [0.15, 0.2) is 24.3 Å². The Hall–Kier alpha value is -1.33. The van der Waals surface area contributed by atoms with Gasteiger partial charge < -0.3 is 5.32 Å². The molecule has 1 N–H and O–H groups in total. The first-order valence-electron chi connectivity index (χ1n) is 6.10. The van der Waals surface area contributed by atoms with Gasteiger partial charge in [-0.25, -0.2) is 0 Å². The minimum atomic E-state index is 0.540. The van der Waals surface area contributed by atoms with Crippen molar-refractivity contribution in [3.8, 4) is 6.07 Å². The van der Waals surface area contributed by atoms with Crippen LogP contribution in [0.3, 0.4) is 0 Å². The average molecular weight is 214 g/mol. The van der Waals surface area contributed by atoms with E-state index < -0.39 is 0 Å². The Morgan fingerprint density at radius 2 is 2.19 bits per heavy atom. The number of nitriles is 1. The standard InChI is InChI=1S/C14H18N2/c15-10-4-1-5-11-16-14-9-8-12-6-2-3-7-13(12)14/h2-3,6-7,14,16H,1,4-5,8-9,11H2. The van der Waals surface area contributed by atoms with E-state index in [0.717, 1.165) is 19.4 Å². The Morgan fingerprint density at radius 3 is 3.06 bits per heavy atom. The predicted octanol–water partition coefficient (Wildman–Crippen LogP) is 2.96. The van der Waals surface area contributed by atoms with Gasteiger partial charge >= 0.3 is 0 Å². The van der Waals surface area contributed by atoms with Crippen molar-refractivity contribution in [1.82, 2.24) is 5.32 Å². The molecule has 16 heavy (non-hydrogen) atoms. The lowest BCUT2D eigenvalue weighted by Crippen LogP contribution is -2.20. The fraction of sp³-hybridized carbons (Fsp3) is 0.500. The maximum absolute atomic E-state index is 8.44. The van der Waals surface area contributed by atoms with Gasteiger partial charge in [-0.3, -0.25) is 0 Å². The lowest BCUT2D eigenvalue weighted by Gasteiger charge is -2.13. The van der Waals surface area contributed by atoms with Crippen LogP contribution in [0.1, 0.15) is 42.9 Å². The number of nitrogens with one attached hydrogen (secondary N) is 1. The number of unbranched alkanes of at least 4 members (excludes halogenated alkanes) is 2. The van der Waals surface area contributed by atoms with E-state index in [2.05, 4.69) is 35.7 Å². The summed E-state index contributed by atoms with van der Waals surface area (Å²) < 4.78 is 0. The molecule has 2 heteroatoms. The molecule has 1 aliphatic carbocycles. The normalized spacial score (nSPS) is 18.1. The van der Waals surface area contributed by atoms with Crippen molar-refractivity contribution in [1.29, 1.82) is 5.26 Å². The Bertz CT molecular complexity index is 379. The van der Waals surface area contributed by atoms with Crippen molar-refractivity contribution in [2.24, 2.45) is 0 Å². The van der Waals surface area contributed by atoms with Crippen LogP contribution in [0, 0.1) is 11.3 Å². The summed E-state index contributed by atoms with van der Waals surface area (Å²) in [5.41, 5.74) is 2.97. The molecule has 2 rings (SSSR count). The molecule has 1 aromatic carbocycles. The van der Waals surface area contributed by atoms with Gasteiger partial charge in [0, 0.05) is 12.5 Å². The van der Waals surface area contributed by atoms with Gasteiger partial charge in [0.25, 0.3) is 0 Å². The number of benzene rings is 1. The summed E-state index contributed by atoms with van der Waals surface area (Å²) in [4.78, 5) is 0. The number of hydrogen-bond acceptors (Lipinski definition) is 2. The first-order chi connectivity index (χ1) is 7.92. The lowest BCUT2D eigenvalue weighted by atomic mass is 10.1. The molecule has 0 fully saturated rings. The third-order valence-electron chi connectivity index (χ3n) is 3.24. The molecule has 1 aromatic rings. The second-order valence-electron chi connectivity index (χ2n) is 4.36. The van der Waals surface area contributed by atoms with Crippen molar-refractivity contribution in [2.75, 3.05) is 6.54 Å². The van der Waals surface area contributed by atoms with Crippen molar-refractivity contribution in [3.63, 3.8) is 0 Å². The highest BCUT2D eigenvalue weighted by molar-refractivity contribution is 5.34. The molecule has 1 aliphatic rings. The van der Waals surface area contributed by atoms with Crippen molar-refractivity contribution in [2.45, 2.75) is 38.1 Å². The minimum absolute atomic E-state index is 0.540. The van der Waals surface area contributed by atoms with E-state index >= 15 is 0 Å². The summed E-state index contributed by atoms with van der Waals surface area (Å²) in [7, 11) is 0. The first kappa shape index (κ1) is 11.2. The van der Waals surface area contributed by atoms with Gasteiger partial charge in [-0.15, -0.1) is 0 Å². The molecule has 0 bridgehead atoms.